The SMILES string of the molecule is O=C(CSc1nc2ccccc2c(=O)n1C[C@H]1CCCO1)Nc1ccccc1. The van der Waals surface area contributed by atoms with E-state index in [-0.39, 0.29) is 23.3 Å². The van der Waals surface area contributed by atoms with E-state index in [1.165, 1.54) is 11.8 Å². The minimum Gasteiger partial charge on any atom is -0.376 e. The number of rotatable bonds is 6. The third-order valence-electron chi connectivity index (χ3n) is 4.63. The number of benzene rings is 2. The number of amides is 1. The summed E-state index contributed by atoms with van der Waals surface area (Å²) in [6.45, 7) is 1.18. The number of carbonyl (C=O) groups is 1. The highest BCUT2D eigenvalue weighted by molar-refractivity contribution is 7.99. The number of hydrogen-bond donors (Lipinski definition) is 1. The number of carbonyl (C=O) groups excluding carboxylic acids is 1. The van der Waals surface area contributed by atoms with E-state index in [0.717, 1.165) is 25.1 Å². The zero-order valence-electron chi connectivity index (χ0n) is 15.3. The smallest absolute Gasteiger partial charge is 0.262 e. The third-order valence-corrected chi connectivity index (χ3v) is 5.60. The summed E-state index contributed by atoms with van der Waals surface area (Å²) in [5.74, 6) is 0.0350. The van der Waals surface area contributed by atoms with E-state index >= 15 is 0 Å². The number of ether oxygens (including phenoxy) is 1. The minimum absolute atomic E-state index is 0.0122. The molecule has 0 saturated carbocycles. The Bertz CT molecular complexity index is 1030. The van der Waals surface area contributed by atoms with Crippen LogP contribution in [-0.2, 0) is 16.1 Å². The lowest BCUT2D eigenvalue weighted by atomic mass is 10.2. The highest BCUT2D eigenvalue weighted by Crippen LogP contribution is 2.21. The molecule has 0 unspecified atom stereocenters. The molecule has 1 amide bonds. The zero-order chi connectivity index (χ0) is 19.3. The minimum atomic E-state index is -0.137. The summed E-state index contributed by atoms with van der Waals surface area (Å²) in [6.07, 6.45) is 1.94. The first-order chi connectivity index (χ1) is 13.7. The number of hydrogen-bond acceptors (Lipinski definition) is 5. The molecule has 2 heterocycles. The highest BCUT2D eigenvalue weighted by atomic mass is 32.2. The molecule has 144 valence electrons. The molecule has 1 saturated heterocycles. The Morgan fingerprint density at radius 2 is 1.96 bits per heavy atom. The molecule has 1 atom stereocenters. The molecule has 0 aliphatic carbocycles. The maximum atomic E-state index is 13.0. The second-order valence-corrected chi connectivity index (χ2v) is 7.61. The van der Waals surface area contributed by atoms with Crippen LogP contribution in [0.2, 0.25) is 0 Å². The van der Waals surface area contributed by atoms with Crippen molar-refractivity contribution < 1.29 is 9.53 Å². The summed E-state index contributed by atoms with van der Waals surface area (Å²) in [5.41, 5.74) is 1.30. The molecule has 1 aliphatic rings. The average molecular weight is 395 g/mol. The number of anilines is 1. The molecular formula is C21H21N3O3S. The van der Waals surface area contributed by atoms with Gasteiger partial charge in [-0.3, -0.25) is 14.2 Å². The van der Waals surface area contributed by atoms with Crippen LogP contribution in [0.4, 0.5) is 5.69 Å². The van der Waals surface area contributed by atoms with E-state index in [0.29, 0.717) is 22.6 Å². The number of aromatic nitrogens is 2. The van der Waals surface area contributed by atoms with Crippen LogP contribution in [0.3, 0.4) is 0 Å². The Labute approximate surface area is 166 Å². The molecule has 1 fully saturated rings. The van der Waals surface area contributed by atoms with Crippen molar-refractivity contribution in [3.05, 3.63) is 65.0 Å². The lowest BCUT2D eigenvalue weighted by Gasteiger charge is -2.16. The van der Waals surface area contributed by atoms with Crippen LogP contribution in [0.15, 0.2) is 64.5 Å². The van der Waals surface area contributed by atoms with E-state index < -0.39 is 0 Å². The van der Waals surface area contributed by atoms with Crippen molar-refractivity contribution >= 4 is 34.3 Å². The zero-order valence-corrected chi connectivity index (χ0v) is 16.2. The molecular weight excluding hydrogens is 374 g/mol. The number of nitrogens with zero attached hydrogens (tertiary/aromatic N) is 2. The number of para-hydroxylation sites is 2. The third kappa shape index (κ3) is 4.26. The fraction of sp³-hybridized carbons (Fsp3) is 0.286. The maximum Gasteiger partial charge on any atom is 0.262 e. The molecule has 6 nitrogen and oxygen atoms in total. The van der Waals surface area contributed by atoms with Crippen LogP contribution in [0.25, 0.3) is 10.9 Å². The fourth-order valence-electron chi connectivity index (χ4n) is 3.26. The van der Waals surface area contributed by atoms with Crippen molar-refractivity contribution in [1.29, 1.82) is 0 Å². The van der Waals surface area contributed by atoms with Gasteiger partial charge in [-0.15, -0.1) is 0 Å². The number of thioether (sulfide) groups is 1. The Kier molecular flexibility index (Phi) is 5.73. The lowest BCUT2D eigenvalue weighted by molar-refractivity contribution is -0.113. The second-order valence-electron chi connectivity index (χ2n) is 6.67. The summed E-state index contributed by atoms with van der Waals surface area (Å²) < 4.78 is 7.36. The molecule has 3 aromatic rings. The predicted molar refractivity (Wildman–Crippen MR) is 111 cm³/mol. The summed E-state index contributed by atoms with van der Waals surface area (Å²) in [6, 6.07) is 16.6. The Morgan fingerprint density at radius 3 is 2.75 bits per heavy atom. The summed E-state index contributed by atoms with van der Waals surface area (Å²) in [7, 11) is 0. The van der Waals surface area contributed by atoms with Crippen molar-refractivity contribution in [2.24, 2.45) is 0 Å². The van der Waals surface area contributed by atoms with Crippen molar-refractivity contribution in [3.8, 4) is 0 Å². The molecule has 0 radical (unpaired) electrons. The van der Waals surface area contributed by atoms with Gasteiger partial charge in [-0.1, -0.05) is 42.1 Å². The van der Waals surface area contributed by atoms with Crippen LogP contribution in [0.1, 0.15) is 12.8 Å². The Morgan fingerprint density at radius 1 is 1.18 bits per heavy atom. The molecule has 4 rings (SSSR count). The van der Waals surface area contributed by atoms with Gasteiger partial charge in [0, 0.05) is 12.3 Å². The molecule has 1 N–H and O–H groups in total. The van der Waals surface area contributed by atoms with E-state index in [1.807, 2.05) is 48.5 Å². The van der Waals surface area contributed by atoms with Gasteiger partial charge in [0.2, 0.25) is 5.91 Å². The van der Waals surface area contributed by atoms with Gasteiger partial charge in [-0.2, -0.15) is 0 Å². The lowest BCUT2D eigenvalue weighted by Crippen LogP contribution is -2.29. The van der Waals surface area contributed by atoms with Crippen LogP contribution >= 0.6 is 11.8 Å². The molecule has 1 aliphatic heterocycles. The molecule has 0 spiro atoms. The standard InChI is InChI=1S/C21H21N3O3S/c25-19(22-15-7-2-1-3-8-15)14-28-21-23-18-11-5-4-10-17(18)20(26)24(21)13-16-9-6-12-27-16/h1-5,7-8,10-11,16H,6,9,12-14H2,(H,22,25)/t16-/m1/s1. The first-order valence-corrected chi connectivity index (χ1v) is 10.3. The first-order valence-electron chi connectivity index (χ1n) is 9.29. The molecule has 7 heteroatoms. The Balaban J connectivity index is 1.57. The van der Waals surface area contributed by atoms with Crippen LogP contribution in [0.5, 0.6) is 0 Å². The van der Waals surface area contributed by atoms with Crippen molar-refractivity contribution in [2.75, 3.05) is 17.7 Å². The van der Waals surface area contributed by atoms with Crippen LogP contribution in [0, 0.1) is 0 Å². The topological polar surface area (TPSA) is 73.2 Å². The van der Waals surface area contributed by atoms with Gasteiger partial charge in [0.25, 0.3) is 5.56 Å². The molecule has 1 aromatic heterocycles. The fourth-order valence-corrected chi connectivity index (χ4v) is 4.07. The summed E-state index contributed by atoms with van der Waals surface area (Å²) in [5, 5.41) is 3.98. The Hall–Kier alpha value is -2.64. The van der Waals surface area contributed by atoms with Crippen molar-refractivity contribution in [2.45, 2.75) is 30.6 Å². The highest BCUT2D eigenvalue weighted by Gasteiger charge is 2.20. The average Bonchev–Trinajstić information content (AvgIpc) is 3.23. The van der Waals surface area contributed by atoms with Crippen molar-refractivity contribution in [3.63, 3.8) is 0 Å². The van der Waals surface area contributed by atoms with E-state index in [1.54, 1.807) is 10.6 Å². The van der Waals surface area contributed by atoms with Gasteiger partial charge < -0.3 is 10.1 Å². The predicted octanol–water partition coefficient (Wildman–Crippen LogP) is 3.31. The number of nitrogens with one attached hydrogen (secondary N) is 1. The van der Waals surface area contributed by atoms with Gasteiger partial charge >= 0.3 is 0 Å². The van der Waals surface area contributed by atoms with Crippen LogP contribution in [-0.4, -0.2) is 33.9 Å². The van der Waals surface area contributed by atoms with Crippen molar-refractivity contribution in [1.82, 2.24) is 9.55 Å². The first kappa shape index (κ1) is 18.7. The summed E-state index contributed by atoms with van der Waals surface area (Å²) >= 11 is 1.27. The molecule has 2 aromatic carbocycles. The van der Waals surface area contributed by atoms with E-state index in [2.05, 4.69) is 10.3 Å². The van der Waals surface area contributed by atoms with E-state index in [9.17, 15) is 9.59 Å². The normalized spacial score (nSPS) is 16.4. The van der Waals surface area contributed by atoms with Gasteiger partial charge in [0.05, 0.1) is 29.3 Å². The van der Waals surface area contributed by atoms with Gasteiger partial charge in [-0.05, 0) is 37.1 Å². The second kappa shape index (κ2) is 8.58. The quantitative estimate of drug-likeness (QED) is 0.512. The van der Waals surface area contributed by atoms with Gasteiger partial charge in [-0.25, -0.2) is 4.98 Å². The molecule has 0 bridgehead atoms. The van der Waals surface area contributed by atoms with Gasteiger partial charge in [0.1, 0.15) is 0 Å². The maximum absolute atomic E-state index is 13.0. The van der Waals surface area contributed by atoms with Crippen LogP contribution < -0.4 is 10.9 Å². The molecule has 28 heavy (non-hydrogen) atoms. The van der Waals surface area contributed by atoms with E-state index in [4.69, 9.17) is 4.74 Å². The summed E-state index contributed by atoms with van der Waals surface area (Å²) in [4.78, 5) is 30.0. The monoisotopic (exact) mass is 395 g/mol. The van der Waals surface area contributed by atoms with Gasteiger partial charge in [0.15, 0.2) is 5.16 Å². The largest absolute Gasteiger partial charge is 0.376 e. The number of fused-ring (bicyclic) bond motifs is 1.